The first-order chi connectivity index (χ1) is 8.47. The Morgan fingerprint density at radius 2 is 2.11 bits per heavy atom. The summed E-state index contributed by atoms with van der Waals surface area (Å²) >= 11 is 0. The lowest BCUT2D eigenvalue weighted by atomic mass is 10.1. The van der Waals surface area contributed by atoms with E-state index in [0.717, 1.165) is 11.4 Å². The second-order valence-corrected chi connectivity index (χ2v) is 4.34. The van der Waals surface area contributed by atoms with Gasteiger partial charge in [-0.25, -0.2) is 0 Å². The van der Waals surface area contributed by atoms with E-state index in [2.05, 4.69) is 10.3 Å². The minimum absolute atomic E-state index is 0.0148. The number of nitrogens with one attached hydrogen (secondary N) is 1. The van der Waals surface area contributed by atoms with Crippen molar-refractivity contribution in [2.75, 3.05) is 0 Å². The molecule has 5 nitrogen and oxygen atoms in total. The summed E-state index contributed by atoms with van der Waals surface area (Å²) in [4.78, 5) is 26.1. The van der Waals surface area contributed by atoms with Crippen LogP contribution in [-0.2, 0) is 16.0 Å². The van der Waals surface area contributed by atoms with Crippen LogP contribution in [0.1, 0.15) is 31.2 Å². The average molecular weight is 250 g/mol. The summed E-state index contributed by atoms with van der Waals surface area (Å²) in [5, 5.41) is 11.2. The Morgan fingerprint density at radius 1 is 1.39 bits per heavy atom. The number of aliphatic carboxylic acids is 1. The Kier molecular flexibility index (Phi) is 5.30. The van der Waals surface area contributed by atoms with Gasteiger partial charge in [0.05, 0.1) is 6.42 Å². The third kappa shape index (κ3) is 5.43. The number of carbonyl (C=O) groups excluding carboxylic acids is 1. The van der Waals surface area contributed by atoms with E-state index in [9.17, 15) is 9.59 Å². The number of carbonyl (C=O) groups is 2. The van der Waals surface area contributed by atoms with Crippen molar-refractivity contribution in [3.8, 4) is 0 Å². The number of hydrogen-bond acceptors (Lipinski definition) is 3. The molecule has 0 bridgehead atoms. The normalized spacial score (nSPS) is 11.9. The fraction of sp³-hybridized carbons (Fsp3) is 0.462. The lowest BCUT2D eigenvalue weighted by molar-refractivity contribution is -0.138. The lowest BCUT2D eigenvalue weighted by Crippen LogP contribution is -2.34. The Balaban J connectivity index is 2.39. The number of nitrogens with zero attached hydrogens (tertiary/aromatic N) is 1. The standard InChI is InChI=1S/C13H18N2O3/c1-9-4-3-5-11(14-9)8-10(2)15-12(16)6-7-13(17)18/h3-5,10H,6-8H2,1-2H3,(H,15,16)(H,17,18)/t10-/m0/s1. The molecule has 18 heavy (non-hydrogen) atoms. The van der Waals surface area contributed by atoms with Gasteiger partial charge in [-0.15, -0.1) is 0 Å². The second kappa shape index (κ2) is 6.74. The molecule has 0 saturated carbocycles. The van der Waals surface area contributed by atoms with Crippen molar-refractivity contribution in [3.63, 3.8) is 0 Å². The van der Waals surface area contributed by atoms with Gasteiger partial charge in [0, 0.05) is 30.3 Å². The fourth-order valence-electron chi connectivity index (χ4n) is 1.65. The highest BCUT2D eigenvalue weighted by Crippen LogP contribution is 2.02. The molecule has 0 aliphatic carbocycles. The van der Waals surface area contributed by atoms with Crippen molar-refractivity contribution in [1.82, 2.24) is 10.3 Å². The molecule has 0 aliphatic heterocycles. The van der Waals surface area contributed by atoms with Gasteiger partial charge in [0.1, 0.15) is 0 Å². The minimum atomic E-state index is -0.960. The highest BCUT2D eigenvalue weighted by molar-refractivity contribution is 5.80. The van der Waals surface area contributed by atoms with Crippen LogP contribution in [0.4, 0.5) is 0 Å². The quantitative estimate of drug-likeness (QED) is 0.797. The number of rotatable bonds is 6. The first-order valence-electron chi connectivity index (χ1n) is 5.91. The highest BCUT2D eigenvalue weighted by atomic mass is 16.4. The van der Waals surface area contributed by atoms with Crippen molar-refractivity contribution in [3.05, 3.63) is 29.6 Å². The van der Waals surface area contributed by atoms with Crippen LogP contribution in [0.3, 0.4) is 0 Å². The summed E-state index contributed by atoms with van der Waals surface area (Å²) in [6.07, 6.45) is 0.517. The van der Waals surface area contributed by atoms with Crippen molar-refractivity contribution >= 4 is 11.9 Å². The van der Waals surface area contributed by atoms with E-state index in [1.165, 1.54) is 0 Å². The molecule has 0 aromatic carbocycles. The van der Waals surface area contributed by atoms with Crippen molar-refractivity contribution in [1.29, 1.82) is 0 Å². The summed E-state index contributed by atoms with van der Waals surface area (Å²) in [5.41, 5.74) is 1.86. The van der Waals surface area contributed by atoms with Crippen LogP contribution < -0.4 is 5.32 Å². The molecule has 0 radical (unpaired) electrons. The van der Waals surface area contributed by atoms with Gasteiger partial charge in [-0.3, -0.25) is 14.6 Å². The molecule has 0 spiro atoms. The zero-order chi connectivity index (χ0) is 13.5. The number of aryl methyl sites for hydroxylation is 1. The molecule has 0 fully saturated rings. The van der Waals surface area contributed by atoms with Crippen molar-refractivity contribution in [2.45, 2.75) is 39.2 Å². The van der Waals surface area contributed by atoms with Gasteiger partial charge >= 0.3 is 5.97 Å². The van der Waals surface area contributed by atoms with Gasteiger partial charge in [-0.2, -0.15) is 0 Å². The number of aromatic nitrogens is 1. The van der Waals surface area contributed by atoms with Gasteiger partial charge in [0.25, 0.3) is 0 Å². The Hall–Kier alpha value is -1.91. The maximum atomic E-state index is 11.4. The first kappa shape index (κ1) is 14.2. The predicted octanol–water partition coefficient (Wildman–Crippen LogP) is 1.30. The Labute approximate surface area is 106 Å². The average Bonchev–Trinajstić information content (AvgIpc) is 2.26. The van der Waals surface area contributed by atoms with Crippen LogP contribution in [0.25, 0.3) is 0 Å². The largest absolute Gasteiger partial charge is 0.481 e. The van der Waals surface area contributed by atoms with Crippen LogP contribution in [0.15, 0.2) is 18.2 Å². The Bertz CT molecular complexity index is 432. The summed E-state index contributed by atoms with van der Waals surface area (Å²) in [5.74, 6) is -1.20. The molecule has 98 valence electrons. The molecule has 2 N–H and O–H groups in total. The number of carboxylic acid groups (broad SMARTS) is 1. The first-order valence-corrected chi connectivity index (χ1v) is 5.91. The molecule has 1 amide bonds. The Morgan fingerprint density at radius 3 is 2.72 bits per heavy atom. The van der Waals surface area contributed by atoms with Gasteiger partial charge in [-0.1, -0.05) is 6.07 Å². The zero-order valence-corrected chi connectivity index (χ0v) is 10.6. The summed E-state index contributed by atoms with van der Waals surface area (Å²) in [6, 6.07) is 5.70. The van der Waals surface area contributed by atoms with Crippen molar-refractivity contribution in [2.24, 2.45) is 0 Å². The van der Waals surface area contributed by atoms with Crippen LogP contribution in [0.5, 0.6) is 0 Å². The number of hydrogen-bond donors (Lipinski definition) is 2. The van der Waals surface area contributed by atoms with E-state index in [1.54, 1.807) is 0 Å². The zero-order valence-electron chi connectivity index (χ0n) is 10.6. The molecule has 0 saturated heterocycles. The second-order valence-electron chi connectivity index (χ2n) is 4.34. The van der Waals surface area contributed by atoms with Crippen LogP contribution in [-0.4, -0.2) is 28.0 Å². The van der Waals surface area contributed by atoms with Crippen LogP contribution in [0, 0.1) is 6.92 Å². The molecule has 1 heterocycles. The van der Waals surface area contributed by atoms with Gasteiger partial charge in [-0.05, 0) is 26.0 Å². The number of carboxylic acids is 1. The number of amides is 1. The summed E-state index contributed by atoms with van der Waals surface area (Å²) in [6.45, 7) is 3.79. The summed E-state index contributed by atoms with van der Waals surface area (Å²) in [7, 11) is 0. The molecule has 5 heteroatoms. The van der Waals surface area contributed by atoms with Crippen LogP contribution in [0.2, 0.25) is 0 Å². The molecule has 0 unspecified atom stereocenters. The third-order valence-corrected chi connectivity index (χ3v) is 2.43. The monoisotopic (exact) mass is 250 g/mol. The molecular formula is C13H18N2O3. The van der Waals surface area contributed by atoms with E-state index < -0.39 is 5.97 Å². The van der Waals surface area contributed by atoms with E-state index in [0.29, 0.717) is 6.42 Å². The third-order valence-electron chi connectivity index (χ3n) is 2.43. The SMILES string of the molecule is Cc1cccc(C[C@H](C)NC(=O)CCC(=O)O)n1. The van der Waals surface area contributed by atoms with E-state index in [4.69, 9.17) is 5.11 Å². The summed E-state index contributed by atoms with van der Waals surface area (Å²) < 4.78 is 0. The minimum Gasteiger partial charge on any atom is -0.481 e. The predicted molar refractivity (Wildman–Crippen MR) is 67.2 cm³/mol. The van der Waals surface area contributed by atoms with E-state index >= 15 is 0 Å². The van der Waals surface area contributed by atoms with Gasteiger partial charge in [0.15, 0.2) is 0 Å². The van der Waals surface area contributed by atoms with Gasteiger partial charge < -0.3 is 10.4 Å². The van der Waals surface area contributed by atoms with E-state index in [-0.39, 0.29) is 24.8 Å². The molecule has 0 aliphatic rings. The van der Waals surface area contributed by atoms with Crippen molar-refractivity contribution < 1.29 is 14.7 Å². The fourth-order valence-corrected chi connectivity index (χ4v) is 1.65. The molecule has 1 aromatic rings. The highest BCUT2D eigenvalue weighted by Gasteiger charge is 2.10. The maximum absolute atomic E-state index is 11.4. The number of pyridine rings is 1. The van der Waals surface area contributed by atoms with Crippen LogP contribution >= 0.6 is 0 Å². The lowest BCUT2D eigenvalue weighted by Gasteiger charge is -2.13. The molecule has 1 atom stereocenters. The molecule has 1 aromatic heterocycles. The topological polar surface area (TPSA) is 79.3 Å². The molecule has 1 rings (SSSR count). The smallest absolute Gasteiger partial charge is 0.303 e. The van der Waals surface area contributed by atoms with Gasteiger partial charge in [0.2, 0.25) is 5.91 Å². The maximum Gasteiger partial charge on any atom is 0.303 e. The van der Waals surface area contributed by atoms with E-state index in [1.807, 2.05) is 32.0 Å². The molecular weight excluding hydrogens is 232 g/mol.